The molecule has 0 aromatic heterocycles. The number of amides is 5. The summed E-state index contributed by atoms with van der Waals surface area (Å²) in [6, 6.07) is -3.60. The van der Waals surface area contributed by atoms with Crippen molar-refractivity contribution in [2.24, 2.45) is 17.8 Å². The molecule has 0 spiro atoms. The molecule has 0 radical (unpaired) electrons. The molecule has 0 bridgehead atoms. The van der Waals surface area contributed by atoms with Gasteiger partial charge >= 0.3 is 5.97 Å². The van der Waals surface area contributed by atoms with Crippen LogP contribution in [0.1, 0.15) is 74.1 Å². The number of rotatable bonds is 4. The first-order valence-corrected chi connectivity index (χ1v) is 14.3. The Balaban J connectivity index is 2.45. The molecule has 3 N–H and O–H groups in total. The highest BCUT2D eigenvalue weighted by Crippen LogP contribution is 2.23. The molecule has 2 saturated heterocycles. The van der Waals surface area contributed by atoms with Crippen molar-refractivity contribution < 1.29 is 33.5 Å². The average molecular weight is 566 g/mol. The monoisotopic (exact) mass is 565 g/mol. The highest BCUT2D eigenvalue weighted by atomic mass is 16.5. The summed E-state index contributed by atoms with van der Waals surface area (Å²) >= 11 is 0. The Hall–Kier alpha value is -3.18. The SMILES string of the molecule is CC(C)C[C@@H]1OC(=O)CCNC(=O)[C@H](C)N(C)C(=O)[C@H](C(C)C)NC(=O)[C@H](C(C)C)NC(=O)[C@@H]2CCCN2C1=O. The van der Waals surface area contributed by atoms with Crippen molar-refractivity contribution in [2.75, 3.05) is 20.1 Å². The van der Waals surface area contributed by atoms with Crippen LogP contribution in [-0.4, -0.2) is 95.7 Å². The summed E-state index contributed by atoms with van der Waals surface area (Å²) in [6.07, 6.45) is 0.0406. The van der Waals surface area contributed by atoms with Crippen molar-refractivity contribution in [3.05, 3.63) is 0 Å². The molecular formula is C28H47N5O7. The Bertz CT molecular complexity index is 967. The number of fused-ring (bicyclic) bond motifs is 1. The summed E-state index contributed by atoms with van der Waals surface area (Å²) in [5.74, 6) is -3.61. The Morgan fingerprint density at radius 2 is 1.45 bits per heavy atom. The topological polar surface area (TPSA) is 154 Å². The Labute approximate surface area is 237 Å². The van der Waals surface area contributed by atoms with Gasteiger partial charge in [0.05, 0.1) is 6.42 Å². The second-order valence-corrected chi connectivity index (χ2v) is 11.9. The number of nitrogens with zero attached hydrogens (tertiary/aromatic N) is 2. The van der Waals surface area contributed by atoms with E-state index in [-0.39, 0.29) is 37.1 Å². The predicted molar refractivity (Wildman–Crippen MR) is 147 cm³/mol. The highest BCUT2D eigenvalue weighted by Gasteiger charge is 2.41. The molecule has 0 aromatic carbocycles. The number of nitrogens with one attached hydrogen (secondary N) is 3. The van der Waals surface area contributed by atoms with Gasteiger partial charge in [0.2, 0.25) is 23.6 Å². The zero-order valence-corrected chi connectivity index (χ0v) is 25.1. The fraction of sp³-hybridized carbons (Fsp3) is 0.786. The third kappa shape index (κ3) is 8.41. The van der Waals surface area contributed by atoms with E-state index in [1.165, 1.54) is 16.8 Å². The number of hydrogen-bond donors (Lipinski definition) is 3. The number of carbonyl (C=O) groups is 6. The van der Waals surface area contributed by atoms with Gasteiger partial charge in [-0.25, -0.2) is 0 Å². The van der Waals surface area contributed by atoms with Crippen molar-refractivity contribution >= 4 is 35.5 Å². The quantitative estimate of drug-likeness (QED) is 0.422. The molecule has 2 heterocycles. The Kier molecular flexibility index (Phi) is 11.9. The van der Waals surface area contributed by atoms with Crippen molar-refractivity contribution in [1.29, 1.82) is 0 Å². The lowest BCUT2D eigenvalue weighted by Gasteiger charge is -2.33. The minimum absolute atomic E-state index is 0.0368. The third-order valence-corrected chi connectivity index (χ3v) is 7.49. The van der Waals surface area contributed by atoms with Crippen LogP contribution in [-0.2, 0) is 33.5 Å². The molecule has 40 heavy (non-hydrogen) atoms. The van der Waals surface area contributed by atoms with E-state index in [9.17, 15) is 28.8 Å². The number of esters is 1. The molecule has 5 atom stereocenters. The van der Waals surface area contributed by atoms with E-state index < -0.39 is 65.8 Å². The Morgan fingerprint density at radius 3 is 2.02 bits per heavy atom. The third-order valence-electron chi connectivity index (χ3n) is 7.49. The summed E-state index contributed by atoms with van der Waals surface area (Å²) in [4.78, 5) is 81.8. The molecule has 2 aliphatic rings. The molecule has 2 fully saturated rings. The van der Waals surface area contributed by atoms with Gasteiger partial charge in [0.15, 0.2) is 6.10 Å². The second-order valence-electron chi connectivity index (χ2n) is 11.9. The van der Waals surface area contributed by atoms with Gasteiger partial charge in [-0.05, 0) is 43.9 Å². The minimum atomic E-state index is -1.07. The minimum Gasteiger partial charge on any atom is -0.452 e. The van der Waals surface area contributed by atoms with Crippen LogP contribution in [0.4, 0.5) is 0 Å². The van der Waals surface area contributed by atoms with Crippen LogP contribution in [0.3, 0.4) is 0 Å². The lowest BCUT2D eigenvalue weighted by Crippen LogP contribution is -2.60. The summed E-state index contributed by atoms with van der Waals surface area (Å²) in [5.41, 5.74) is 0. The molecule has 12 heteroatoms. The lowest BCUT2D eigenvalue weighted by atomic mass is 9.98. The van der Waals surface area contributed by atoms with Crippen LogP contribution in [0.25, 0.3) is 0 Å². The maximum atomic E-state index is 13.5. The Morgan fingerprint density at radius 1 is 0.850 bits per heavy atom. The van der Waals surface area contributed by atoms with Gasteiger partial charge in [0, 0.05) is 20.1 Å². The highest BCUT2D eigenvalue weighted by molar-refractivity contribution is 5.96. The molecule has 0 unspecified atom stereocenters. The number of carbonyl (C=O) groups excluding carboxylic acids is 6. The summed E-state index contributed by atoms with van der Waals surface area (Å²) in [5, 5.41) is 8.22. The largest absolute Gasteiger partial charge is 0.452 e. The molecule has 2 aliphatic heterocycles. The molecule has 226 valence electrons. The van der Waals surface area contributed by atoms with Gasteiger partial charge in [0.1, 0.15) is 24.2 Å². The maximum Gasteiger partial charge on any atom is 0.308 e. The number of likely N-dealkylation sites (N-methyl/N-ethyl adjacent to an activating group) is 1. The standard InChI is InChI=1S/C28H47N5O7/c1-15(2)14-20-27(38)33-13-9-10-19(33)25(36)30-22(16(3)4)26(37)31-23(17(5)6)28(39)32(8)18(7)24(35)29-12-11-21(34)40-20/h15-20,22-23H,9-14H2,1-8H3,(H,29,35)(H,30,36)(H,31,37)/t18-,19-,20-,22-,23-/m0/s1. The van der Waals surface area contributed by atoms with Gasteiger partial charge in [-0.2, -0.15) is 0 Å². The van der Waals surface area contributed by atoms with E-state index in [1.807, 2.05) is 13.8 Å². The van der Waals surface area contributed by atoms with Crippen LogP contribution in [0.5, 0.6) is 0 Å². The van der Waals surface area contributed by atoms with Crippen molar-refractivity contribution in [1.82, 2.24) is 25.8 Å². The smallest absolute Gasteiger partial charge is 0.308 e. The first-order valence-electron chi connectivity index (χ1n) is 14.3. The normalized spacial score (nSPS) is 28.5. The van der Waals surface area contributed by atoms with Crippen molar-refractivity contribution in [3.8, 4) is 0 Å². The molecule has 5 amide bonds. The number of hydrogen-bond acceptors (Lipinski definition) is 7. The van der Waals surface area contributed by atoms with E-state index >= 15 is 0 Å². The zero-order chi connectivity index (χ0) is 30.3. The van der Waals surface area contributed by atoms with E-state index in [0.717, 1.165) is 0 Å². The maximum absolute atomic E-state index is 13.5. The predicted octanol–water partition coefficient (Wildman–Crippen LogP) is 0.584. The van der Waals surface area contributed by atoms with Gasteiger partial charge < -0.3 is 30.5 Å². The van der Waals surface area contributed by atoms with E-state index in [4.69, 9.17) is 4.74 Å². The zero-order valence-electron chi connectivity index (χ0n) is 25.1. The number of cyclic esters (lactones) is 1. The lowest BCUT2D eigenvalue weighted by molar-refractivity contribution is -0.162. The molecular weight excluding hydrogens is 518 g/mol. The summed E-state index contributed by atoms with van der Waals surface area (Å²) < 4.78 is 5.56. The molecule has 0 saturated carbocycles. The molecule has 2 rings (SSSR count). The van der Waals surface area contributed by atoms with E-state index in [1.54, 1.807) is 34.6 Å². The second kappa shape index (κ2) is 14.5. The fourth-order valence-corrected chi connectivity index (χ4v) is 4.90. The molecule has 0 aliphatic carbocycles. The van der Waals surface area contributed by atoms with Crippen LogP contribution >= 0.6 is 0 Å². The molecule has 0 aromatic rings. The van der Waals surface area contributed by atoms with Crippen LogP contribution in [0, 0.1) is 17.8 Å². The molecule has 12 nitrogen and oxygen atoms in total. The summed E-state index contributed by atoms with van der Waals surface area (Å²) in [7, 11) is 1.48. The van der Waals surface area contributed by atoms with Crippen molar-refractivity contribution in [2.45, 2.75) is 104 Å². The van der Waals surface area contributed by atoms with Gasteiger partial charge in [-0.3, -0.25) is 28.8 Å². The summed E-state index contributed by atoms with van der Waals surface area (Å²) in [6.45, 7) is 12.8. The van der Waals surface area contributed by atoms with E-state index in [0.29, 0.717) is 19.4 Å². The first kappa shape index (κ1) is 33.0. The van der Waals surface area contributed by atoms with E-state index in [2.05, 4.69) is 16.0 Å². The van der Waals surface area contributed by atoms with Crippen molar-refractivity contribution in [3.63, 3.8) is 0 Å². The average Bonchev–Trinajstić information content (AvgIpc) is 3.36. The van der Waals surface area contributed by atoms with Crippen LogP contribution < -0.4 is 16.0 Å². The number of ether oxygens (including phenoxy) is 1. The van der Waals surface area contributed by atoms with Crippen LogP contribution in [0.2, 0.25) is 0 Å². The fourth-order valence-electron chi connectivity index (χ4n) is 4.90. The first-order chi connectivity index (χ1) is 18.6. The van der Waals surface area contributed by atoms with Gasteiger partial charge in [-0.15, -0.1) is 0 Å². The van der Waals surface area contributed by atoms with Gasteiger partial charge in [0.25, 0.3) is 5.91 Å². The van der Waals surface area contributed by atoms with Crippen LogP contribution in [0.15, 0.2) is 0 Å². The van der Waals surface area contributed by atoms with Gasteiger partial charge in [-0.1, -0.05) is 41.5 Å².